The Bertz CT molecular complexity index is 148. The second kappa shape index (κ2) is 5.33. The van der Waals surface area contributed by atoms with Gasteiger partial charge in [0.2, 0.25) is 0 Å². The van der Waals surface area contributed by atoms with Gasteiger partial charge in [0, 0.05) is 13.2 Å². The minimum atomic E-state index is 0.397. The SMILES string of the molecule is CC/C(=C\C1CCCO1)CNC. The van der Waals surface area contributed by atoms with Crippen LogP contribution >= 0.6 is 0 Å². The van der Waals surface area contributed by atoms with E-state index in [1.54, 1.807) is 0 Å². The number of ether oxygens (including phenoxy) is 1. The molecule has 0 bridgehead atoms. The van der Waals surface area contributed by atoms with Crippen LogP contribution in [0.3, 0.4) is 0 Å². The van der Waals surface area contributed by atoms with Crippen LogP contribution in [0.4, 0.5) is 0 Å². The molecule has 1 atom stereocenters. The van der Waals surface area contributed by atoms with Crippen molar-refractivity contribution in [3.63, 3.8) is 0 Å². The molecule has 1 rings (SSSR count). The molecule has 0 aromatic heterocycles. The Morgan fingerprint density at radius 3 is 3.00 bits per heavy atom. The predicted molar refractivity (Wildman–Crippen MR) is 51.3 cm³/mol. The molecule has 0 spiro atoms. The average molecular weight is 169 g/mol. The summed E-state index contributed by atoms with van der Waals surface area (Å²) in [6.07, 6.45) is 6.23. The van der Waals surface area contributed by atoms with Gasteiger partial charge < -0.3 is 10.1 Å². The second-order valence-electron chi connectivity index (χ2n) is 3.26. The van der Waals surface area contributed by atoms with Crippen LogP contribution in [0, 0.1) is 0 Å². The Labute approximate surface area is 75.0 Å². The van der Waals surface area contributed by atoms with Crippen molar-refractivity contribution in [2.75, 3.05) is 20.2 Å². The highest BCUT2D eigenvalue weighted by Gasteiger charge is 2.12. The van der Waals surface area contributed by atoms with Crippen LogP contribution in [0.2, 0.25) is 0 Å². The fraction of sp³-hybridized carbons (Fsp3) is 0.800. The highest BCUT2D eigenvalue weighted by Crippen LogP contribution is 2.15. The first-order chi connectivity index (χ1) is 5.86. The van der Waals surface area contributed by atoms with Gasteiger partial charge in [-0.15, -0.1) is 0 Å². The molecule has 0 aromatic carbocycles. The van der Waals surface area contributed by atoms with Gasteiger partial charge >= 0.3 is 0 Å². The number of hydrogen-bond acceptors (Lipinski definition) is 2. The molecule has 0 saturated carbocycles. The molecule has 12 heavy (non-hydrogen) atoms. The third-order valence-electron chi connectivity index (χ3n) is 2.24. The zero-order valence-corrected chi connectivity index (χ0v) is 8.10. The van der Waals surface area contributed by atoms with E-state index in [0.29, 0.717) is 6.10 Å². The maximum absolute atomic E-state index is 5.53. The monoisotopic (exact) mass is 169 g/mol. The first-order valence-corrected chi connectivity index (χ1v) is 4.82. The lowest BCUT2D eigenvalue weighted by molar-refractivity contribution is 0.145. The fourth-order valence-electron chi connectivity index (χ4n) is 1.53. The molecule has 1 unspecified atom stereocenters. The largest absolute Gasteiger partial charge is 0.374 e. The summed E-state index contributed by atoms with van der Waals surface area (Å²) in [6.45, 7) is 4.13. The summed E-state index contributed by atoms with van der Waals surface area (Å²) in [7, 11) is 1.99. The molecule has 1 saturated heterocycles. The van der Waals surface area contributed by atoms with Crippen LogP contribution in [0.5, 0.6) is 0 Å². The summed E-state index contributed by atoms with van der Waals surface area (Å²) < 4.78 is 5.53. The molecule has 1 heterocycles. The van der Waals surface area contributed by atoms with Gasteiger partial charge in [0.25, 0.3) is 0 Å². The predicted octanol–water partition coefficient (Wildman–Crippen LogP) is 1.72. The van der Waals surface area contributed by atoms with Crippen LogP contribution in [-0.4, -0.2) is 26.3 Å². The van der Waals surface area contributed by atoms with Crippen molar-refractivity contribution >= 4 is 0 Å². The fourth-order valence-corrected chi connectivity index (χ4v) is 1.53. The molecule has 1 fully saturated rings. The van der Waals surface area contributed by atoms with Crippen molar-refractivity contribution < 1.29 is 4.74 Å². The lowest BCUT2D eigenvalue weighted by Gasteiger charge is -2.07. The first-order valence-electron chi connectivity index (χ1n) is 4.82. The zero-order valence-electron chi connectivity index (χ0n) is 8.10. The van der Waals surface area contributed by atoms with E-state index >= 15 is 0 Å². The molecular weight excluding hydrogens is 150 g/mol. The van der Waals surface area contributed by atoms with Crippen LogP contribution in [0.15, 0.2) is 11.6 Å². The standard InChI is InChI=1S/C10H19NO/c1-3-9(8-11-2)7-10-5-4-6-12-10/h7,10-11H,3-6,8H2,1-2H3/b9-7+. The van der Waals surface area contributed by atoms with Gasteiger partial charge in [0.1, 0.15) is 0 Å². The van der Waals surface area contributed by atoms with E-state index in [9.17, 15) is 0 Å². The van der Waals surface area contributed by atoms with Gasteiger partial charge in [-0.1, -0.05) is 18.6 Å². The van der Waals surface area contributed by atoms with Crippen molar-refractivity contribution in [1.82, 2.24) is 5.32 Å². The summed E-state index contributed by atoms with van der Waals surface area (Å²) in [4.78, 5) is 0. The Balaban J connectivity index is 2.38. The minimum absolute atomic E-state index is 0.397. The number of rotatable bonds is 4. The summed E-state index contributed by atoms with van der Waals surface area (Å²) in [5.74, 6) is 0. The smallest absolute Gasteiger partial charge is 0.0759 e. The molecule has 1 aliphatic rings. The third-order valence-corrected chi connectivity index (χ3v) is 2.24. The van der Waals surface area contributed by atoms with Gasteiger partial charge in [-0.2, -0.15) is 0 Å². The molecular formula is C10H19NO. The van der Waals surface area contributed by atoms with Crippen molar-refractivity contribution in [3.05, 3.63) is 11.6 Å². The van der Waals surface area contributed by atoms with Gasteiger partial charge in [-0.05, 0) is 26.3 Å². The van der Waals surface area contributed by atoms with E-state index in [1.807, 2.05) is 7.05 Å². The van der Waals surface area contributed by atoms with Crippen molar-refractivity contribution in [1.29, 1.82) is 0 Å². The van der Waals surface area contributed by atoms with E-state index in [2.05, 4.69) is 18.3 Å². The topological polar surface area (TPSA) is 21.3 Å². The summed E-state index contributed by atoms with van der Waals surface area (Å²) in [5.41, 5.74) is 1.46. The second-order valence-corrected chi connectivity index (χ2v) is 3.26. The van der Waals surface area contributed by atoms with Crippen molar-refractivity contribution in [2.24, 2.45) is 0 Å². The van der Waals surface area contributed by atoms with Crippen LogP contribution in [0.1, 0.15) is 26.2 Å². The minimum Gasteiger partial charge on any atom is -0.374 e. The highest BCUT2D eigenvalue weighted by atomic mass is 16.5. The number of likely N-dealkylation sites (N-methyl/N-ethyl adjacent to an activating group) is 1. The number of hydrogen-bond donors (Lipinski definition) is 1. The van der Waals surface area contributed by atoms with E-state index < -0.39 is 0 Å². The van der Waals surface area contributed by atoms with Gasteiger partial charge in [-0.3, -0.25) is 0 Å². The quantitative estimate of drug-likeness (QED) is 0.647. The van der Waals surface area contributed by atoms with E-state index in [0.717, 1.165) is 19.6 Å². The van der Waals surface area contributed by atoms with Crippen LogP contribution in [-0.2, 0) is 4.74 Å². The highest BCUT2D eigenvalue weighted by molar-refractivity contribution is 5.07. The molecule has 2 nitrogen and oxygen atoms in total. The molecule has 0 amide bonds. The molecule has 1 N–H and O–H groups in total. The molecule has 70 valence electrons. The van der Waals surface area contributed by atoms with E-state index in [4.69, 9.17) is 4.74 Å². The molecule has 1 aliphatic heterocycles. The lowest BCUT2D eigenvalue weighted by atomic mass is 10.1. The maximum Gasteiger partial charge on any atom is 0.0759 e. The van der Waals surface area contributed by atoms with Gasteiger partial charge in [-0.25, -0.2) is 0 Å². The van der Waals surface area contributed by atoms with E-state index in [-0.39, 0.29) is 0 Å². The van der Waals surface area contributed by atoms with Gasteiger partial charge in [0.15, 0.2) is 0 Å². The Morgan fingerprint density at radius 1 is 1.67 bits per heavy atom. The number of nitrogens with one attached hydrogen (secondary N) is 1. The zero-order chi connectivity index (χ0) is 8.81. The third kappa shape index (κ3) is 2.95. The Hall–Kier alpha value is -0.340. The first kappa shape index (κ1) is 9.75. The Morgan fingerprint density at radius 2 is 2.50 bits per heavy atom. The summed E-state index contributed by atoms with van der Waals surface area (Å²) in [5, 5.41) is 3.17. The molecule has 0 aromatic rings. The Kier molecular flexibility index (Phi) is 4.33. The summed E-state index contributed by atoms with van der Waals surface area (Å²) >= 11 is 0. The average Bonchev–Trinajstić information content (AvgIpc) is 2.56. The van der Waals surface area contributed by atoms with Crippen molar-refractivity contribution in [3.8, 4) is 0 Å². The summed E-state index contributed by atoms with van der Waals surface area (Å²) in [6, 6.07) is 0. The molecule has 2 heteroatoms. The van der Waals surface area contributed by atoms with Crippen molar-refractivity contribution in [2.45, 2.75) is 32.3 Å². The maximum atomic E-state index is 5.53. The molecule has 0 aliphatic carbocycles. The lowest BCUT2D eigenvalue weighted by Crippen LogP contribution is -2.12. The van der Waals surface area contributed by atoms with E-state index in [1.165, 1.54) is 18.4 Å². The molecule has 0 radical (unpaired) electrons. The van der Waals surface area contributed by atoms with Gasteiger partial charge in [0.05, 0.1) is 6.10 Å². The normalized spacial score (nSPS) is 24.8. The van der Waals surface area contributed by atoms with Crippen LogP contribution in [0.25, 0.3) is 0 Å². The van der Waals surface area contributed by atoms with Crippen LogP contribution < -0.4 is 5.32 Å².